The van der Waals surface area contributed by atoms with Crippen LogP contribution in [0.5, 0.6) is 17.2 Å². The largest absolute Gasteiger partial charge is 0.486 e. The van der Waals surface area contributed by atoms with Crippen molar-refractivity contribution in [3.8, 4) is 17.2 Å². The van der Waals surface area contributed by atoms with Gasteiger partial charge in [0.15, 0.2) is 0 Å². The lowest BCUT2D eigenvalue weighted by Crippen LogP contribution is -2.54. The van der Waals surface area contributed by atoms with Gasteiger partial charge in [0, 0.05) is 4.92 Å². The van der Waals surface area contributed by atoms with Crippen molar-refractivity contribution < 1.29 is 19.1 Å². The lowest BCUT2D eigenvalue weighted by Gasteiger charge is -2.32. The number of hydrogen-bond acceptors (Lipinski definition) is 5. The molecule has 0 saturated heterocycles. The Labute approximate surface area is 169 Å². The van der Waals surface area contributed by atoms with Crippen molar-refractivity contribution in [1.29, 1.82) is 0 Å². The zero-order valence-corrected chi connectivity index (χ0v) is 16.6. The molecule has 29 heavy (non-hydrogen) atoms. The number of rotatable bonds is 8. The first kappa shape index (κ1) is 20.2. The zero-order valence-electron chi connectivity index (χ0n) is 16.6. The molecule has 0 aromatic heterocycles. The Morgan fingerprint density at radius 3 is 1.28 bits per heavy atom. The fourth-order valence-electron chi connectivity index (χ4n) is 2.83. The molecule has 0 saturated carbocycles. The summed E-state index contributed by atoms with van der Waals surface area (Å²) in [7, 11) is 0. The highest BCUT2D eigenvalue weighted by Crippen LogP contribution is 2.31. The van der Waals surface area contributed by atoms with E-state index in [4.69, 9.17) is 14.2 Å². The predicted molar refractivity (Wildman–Crippen MR) is 110 cm³/mol. The van der Waals surface area contributed by atoms with Gasteiger partial charge in [0.2, 0.25) is 0 Å². The maximum absolute atomic E-state index is 11.6. The van der Waals surface area contributed by atoms with Crippen molar-refractivity contribution in [1.82, 2.24) is 0 Å². The normalized spacial score (nSPS) is 11.0. The third kappa shape index (κ3) is 5.04. The van der Waals surface area contributed by atoms with Crippen LogP contribution in [0, 0.1) is 30.9 Å². The second-order valence-electron chi connectivity index (χ2n) is 6.78. The van der Waals surface area contributed by atoms with Crippen molar-refractivity contribution in [3.05, 3.63) is 99.6 Å². The van der Waals surface area contributed by atoms with Crippen molar-refractivity contribution >= 4 is 0 Å². The summed E-state index contributed by atoms with van der Waals surface area (Å²) in [5.41, 5.74) is 2.42. The van der Waals surface area contributed by atoms with Crippen LogP contribution >= 0.6 is 0 Å². The molecule has 3 rings (SSSR count). The van der Waals surface area contributed by atoms with Crippen LogP contribution in [-0.4, -0.2) is 17.4 Å². The van der Waals surface area contributed by atoms with Gasteiger partial charge in [0.05, 0.1) is 0 Å². The number of hydrogen-bond donors (Lipinski definition) is 0. The van der Waals surface area contributed by atoms with E-state index in [0.29, 0.717) is 17.2 Å². The van der Waals surface area contributed by atoms with Gasteiger partial charge >= 0.3 is 12.5 Å². The van der Waals surface area contributed by atoms with E-state index in [0.717, 1.165) is 16.7 Å². The first-order valence-corrected chi connectivity index (χ1v) is 9.24. The summed E-state index contributed by atoms with van der Waals surface area (Å²) in [5.74, 6) is -0.669. The Bertz CT molecular complexity index is 886. The highest BCUT2D eigenvalue weighted by atomic mass is 16.9. The third-order valence-corrected chi connectivity index (χ3v) is 4.40. The van der Waals surface area contributed by atoms with Crippen LogP contribution in [-0.2, 0) is 0 Å². The van der Waals surface area contributed by atoms with Gasteiger partial charge in [-0.15, -0.1) is 0 Å². The molecule has 0 aliphatic heterocycles. The fraction of sp³-hybridized carbons (Fsp3) is 0.217. The second kappa shape index (κ2) is 8.65. The van der Waals surface area contributed by atoms with Gasteiger partial charge in [-0.05, 0) is 55.7 Å². The van der Waals surface area contributed by atoms with Crippen LogP contribution in [0.25, 0.3) is 0 Å². The Hall–Kier alpha value is -3.54. The van der Waals surface area contributed by atoms with Gasteiger partial charge in [-0.1, -0.05) is 54.6 Å². The molecular weight excluding hydrogens is 370 g/mol. The molecule has 0 N–H and O–H groups in total. The van der Waals surface area contributed by atoms with E-state index in [2.05, 4.69) is 0 Å². The maximum Gasteiger partial charge on any atom is 0.486 e. The highest BCUT2D eigenvalue weighted by molar-refractivity contribution is 5.36. The molecule has 0 atom stereocenters. The Morgan fingerprint density at radius 2 is 1.00 bits per heavy atom. The summed E-state index contributed by atoms with van der Waals surface area (Å²) < 4.78 is 18.2. The monoisotopic (exact) mass is 393 g/mol. The van der Waals surface area contributed by atoms with Crippen molar-refractivity contribution in [2.24, 2.45) is 0 Å². The van der Waals surface area contributed by atoms with Crippen LogP contribution in [0.1, 0.15) is 16.7 Å². The van der Waals surface area contributed by atoms with Crippen molar-refractivity contribution in [3.63, 3.8) is 0 Å². The van der Waals surface area contributed by atoms with Crippen LogP contribution in [0.4, 0.5) is 0 Å². The predicted octanol–water partition coefficient (Wildman–Crippen LogP) is 5.08. The third-order valence-electron chi connectivity index (χ3n) is 4.40. The first-order chi connectivity index (χ1) is 13.9. The van der Waals surface area contributed by atoms with Gasteiger partial charge < -0.3 is 14.2 Å². The summed E-state index contributed by atoms with van der Waals surface area (Å²) in [5, 5.41) is 11.6. The molecule has 0 unspecified atom stereocenters. The van der Waals surface area contributed by atoms with E-state index in [-0.39, 0.29) is 0 Å². The number of nitro groups is 1. The maximum atomic E-state index is 11.6. The van der Waals surface area contributed by atoms with E-state index >= 15 is 0 Å². The van der Waals surface area contributed by atoms with Crippen LogP contribution in [0.3, 0.4) is 0 Å². The molecule has 0 spiro atoms. The number of nitrogens with zero attached hydrogens (tertiary/aromatic N) is 1. The quantitative estimate of drug-likeness (QED) is 0.303. The van der Waals surface area contributed by atoms with E-state index in [1.54, 1.807) is 36.4 Å². The minimum absolute atomic E-state index is 0.441. The number of ether oxygens (including phenoxy) is 3. The van der Waals surface area contributed by atoms with Gasteiger partial charge in [0.1, 0.15) is 17.2 Å². The Kier molecular flexibility index (Phi) is 6.02. The fourth-order valence-corrected chi connectivity index (χ4v) is 2.83. The zero-order chi connectivity index (χ0) is 20.9. The second-order valence-corrected chi connectivity index (χ2v) is 6.78. The molecule has 0 aliphatic carbocycles. The summed E-state index contributed by atoms with van der Waals surface area (Å²) in [6, 6.07) is 21.7. The van der Waals surface area contributed by atoms with Gasteiger partial charge in [-0.3, -0.25) is 10.1 Å². The number of benzene rings is 3. The minimum Gasteiger partial charge on any atom is -0.415 e. The SMILES string of the molecule is Cc1ccccc1OC(C[N+](=O)[O-])(Oc1ccccc1C)Oc1ccccc1C. The molecule has 6 nitrogen and oxygen atoms in total. The molecule has 3 aromatic rings. The molecule has 0 heterocycles. The number of aryl methyl sites for hydroxylation is 3. The van der Waals surface area contributed by atoms with Crippen LogP contribution in [0.15, 0.2) is 72.8 Å². The minimum atomic E-state index is -1.99. The van der Waals surface area contributed by atoms with Gasteiger partial charge in [0.25, 0.3) is 0 Å². The van der Waals surface area contributed by atoms with E-state index < -0.39 is 17.4 Å². The Morgan fingerprint density at radius 1 is 0.690 bits per heavy atom. The van der Waals surface area contributed by atoms with Crippen molar-refractivity contribution in [2.75, 3.05) is 6.54 Å². The summed E-state index contributed by atoms with van der Waals surface area (Å²) in [6.07, 6.45) is 0. The molecule has 0 radical (unpaired) electrons. The lowest BCUT2D eigenvalue weighted by molar-refractivity contribution is -0.530. The summed E-state index contributed by atoms with van der Waals surface area (Å²) >= 11 is 0. The molecule has 6 heteroatoms. The lowest BCUT2D eigenvalue weighted by atomic mass is 10.2. The van der Waals surface area contributed by atoms with E-state index in [1.807, 2.05) is 57.2 Å². The standard InChI is InChI=1S/C23H23NO5/c1-17-10-4-7-13-20(17)27-23(16-24(25)26,28-21-14-8-5-11-18(21)2)29-22-15-9-6-12-19(22)3/h4-15H,16H2,1-3H3. The van der Waals surface area contributed by atoms with Crippen LogP contribution < -0.4 is 14.2 Å². The first-order valence-electron chi connectivity index (χ1n) is 9.24. The highest BCUT2D eigenvalue weighted by Gasteiger charge is 2.46. The van der Waals surface area contributed by atoms with E-state index in [1.165, 1.54) is 0 Å². The topological polar surface area (TPSA) is 70.8 Å². The molecule has 3 aromatic carbocycles. The Balaban J connectivity index is 2.09. The molecule has 150 valence electrons. The van der Waals surface area contributed by atoms with Crippen molar-refractivity contribution in [2.45, 2.75) is 26.7 Å². The van der Waals surface area contributed by atoms with Gasteiger partial charge in [-0.2, -0.15) is 0 Å². The summed E-state index contributed by atoms with van der Waals surface area (Å²) in [6.45, 7) is 4.85. The van der Waals surface area contributed by atoms with Crippen LogP contribution in [0.2, 0.25) is 0 Å². The molecular formula is C23H23NO5. The summed E-state index contributed by atoms with van der Waals surface area (Å²) in [4.78, 5) is 11.1. The van der Waals surface area contributed by atoms with Gasteiger partial charge in [-0.25, -0.2) is 0 Å². The molecule has 0 amide bonds. The van der Waals surface area contributed by atoms with E-state index in [9.17, 15) is 10.1 Å². The molecule has 0 aliphatic rings. The molecule has 0 fully saturated rings. The molecule has 0 bridgehead atoms. The number of para-hydroxylation sites is 3. The smallest absolute Gasteiger partial charge is 0.415 e. The average molecular weight is 393 g/mol. The average Bonchev–Trinajstić information content (AvgIpc) is 2.67.